The second kappa shape index (κ2) is 7.24. The van der Waals surface area contributed by atoms with Crippen LogP contribution in [-0.2, 0) is 4.74 Å². The van der Waals surface area contributed by atoms with Crippen LogP contribution in [0.2, 0.25) is 0 Å². The molecule has 20 heavy (non-hydrogen) atoms. The molecule has 1 saturated carbocycles. The number of likely N-dealkylation sites (tertiary alicyclic amines) is 1. The molecule has 4 unspecified atom stereocenters. The summed E-state index contributed by atoms with van der Waals surface area (Å²) >= 11 is 0. The molecule has 1 aliphatic carbocycles. The summed E-state index contributed by atoms with van der Waals surface area (Å²) in [7, 11) is 0. The standard InChI is InChI=1S/C17H32N2O/c1-14(11-18-12-17-7-4-10-20-17)19-9-8-15-5-2-3-6-16(15)13-19/h14-18H,2-13H2,1H3. The average molecular weight is 280 g/mol. The molecule has 4 atom stereocenters. The van der Waals surface area contributed by atoms with Crippen LogP contribution < -0.4 is 5.32 Å². The Labute approximate surface area is 124 Å². The first kappa shape index (κ1) is 14.8. The zero-order valence-electron chi connectivity index (χ0n) is 13.2. The summed E-state index contributed by atoms with van der Waals surface area (Å²) in [6.45, 7) is 8.21. The lowest BCUT2D eigenvalue weighted by molar-refractivity contribution is 0.0591. The molecule has 0 aromatic heterocycles. The number of ether oxygens (including phenoxy) is 1. The van der Waals surface area contributed by atoms with Crippen molar-refractivity contribution in [3.8, 4) is 0 Å². The highest BCUT2D eigenvalue weighted by atomic mass is 16.5. The molecule has 0 radical (unpaired) electrons. The molecule has 2 saturated heterocycles. The average Bonchev–Trinajstić information content (AvgIpc) is 3.00. The van der Waals surface area contributed by atoms with E-state index in [0.717, 1.165) is 31.5 Å². The lowest BCUT2D eigenvalue weighted by Gasteiger charge is -2.43. The van der Waals surface area contributed by atoms with Gasteiger partial charge in [-0.2, -0.15) is 0 Å². The van der Waals surface area contributed by atoms with Gasteiger partial charge >= 0.3 is 0 Å². The first-order valence-corrected chi connectivity index (χ1v) is 8.89. The van der Waals surface area contributed by atoms with Gasteiger partial charge in [-0.25, -0.2) is 0 Å². The highest BCUT2D eigenvalue weighted by molar-refractivity contribution is 4.86. The van der Waals surface area contributed by atoms with E-state index in [9.17, 15) is 0 Å². The van der Waals surface area contributed by atoms with Gasteiger partial charge < -0.3 is 10.1 Å². The van der Waals surface area contributed by atoms with Crippen molar-refractivity contribution in [3.63, 3.8) is 0 Å². The van der Waals surface area contributed by atoms with E-state index in [-0.39, 0.29) is 0 Å². The fourth-order valence-electron chi connectivity index (χ4n) is 4.42. The first-order chi connectivity index (χ1) is 9.83. The van der Waals surface area contributed by atoms with Crippen LogP contribution >= 0.6 is 0 Å². The Hall–Kier alpha value is -0.120. The van der Waals surface area contributed by atoms with E-state index in [4.69, 9.17) is 4.74 Å². The topological polar surface area (TPSA) is 24.5 Å². The van der Waals surface area contributed by atoms with Gasteiger partial charge in [0.1, 0.15) is 0 Å². The van der Waals surface area contributed by atoms with E-state index < -0.39 is 0 Å². The molecule has 3 fully saturated rings. The van der Waals surface area contributed by atoms with Crippen LogP contribution in [-0.4, -0.2) is 49.8 Å². The number of fused-ring (bicyclic) bond motifs is 1. The first-order valence-electron chi connectivity index (χ1n) is 8.89. The maximum Gasteiger partial charge on any atom is 0.0700 e. The third kappa shape index (κ3) is 3.75. The fraction of sp³-hybridized carbons (Fsp3) is 1.00. The summed E-state index contributed by atoms with van der Waals surface area (Å²) in [6, 6.07) is 0.680. The lowest BCUT2D eigenvalue weighted by Crippen LogP contribution is -2.49. The van der Waals surface area contributed by atoms with E-state index in [1.807, 2.05) is 0 Å². The minimum Gasteiger partial charge on any atom is -0.377 e. The van der Waals surface area contributed by atoms with Crippen LogP contribution in [0.25, 0.3) is 0 Å². The molecular formula is C17H32N2O. The summed E-state index contributed by atoms with van der Waals surface area (Å²) in [5.74, 6) is 2.05. The molecule has 0 aromatic carbocycles. The van der Waals surface area contributed by atoms with Crippen molar-refractivity contribution in [1.29, 1.82) is 0 Å². The second-order valence-electron chi connectivity index (χ2n) is 7.23. The van der Waals surface area contributed by atoms with Gasteiger partial charge in [-0.05, 0) is 51.0 Å². The Balaban J connectivity index is 1.37. The molecule has 0 spiro atoms. The Morgan fingerprint density at radius 1 is 1.10 bits per heavy atom. The zero-order valence-corrected chi connectivity index (χ0v) is 13.2. The molecule has 3 rings (SSSR count). The molecule has 3 nitrogen and oxygen atoms in total. The number of nitrogens with one attached hydrogen (secondary N) is 1. The summed E-state index contributed by atoms with van der Waals surface area (Å²) in [5, 5.41) is 3.63. The van der Waals surface area contributed by atoms with Crippen molar-refractivity contribution < 1.29 is 4.74 Å². The molecule has 1 N–H and O–H groups in total. The van der Waals surface area contributed by atoms with Gasteiger partial charge in [0.2, 0.25) is 0 Å². The fourth-order valence-corrected chi connectivity index (χ4v) is 4.42. The molecule has 3 heteroatoms. The molecule has 0 aromatic rings. The van der Waals surface area contributed by atoms with Gasteiger partial charge in [0, 0.05) is 32.3 Å². The summed E-state index contributed by atoms with van der Waals surface area (Å²) in [4.78, 5) is 2.73. The molecule has 2 heterocycles. The third-order valence-corrected chi connectivity index (χ3v) is 5.78. The van der Waals surface area contributed by atoms with Gasteiger partial charge in [0.05, 0.1) is 6.10 Å². The zero-order chi connectivity index (χ0) is 13.8. The van der Waals surface area contributed by atoms with Crippen molar-refractivity contribution in [1.82, 2.24) is 10.2 Å². The van der Waals surface area contributed by atoms with Crippen LogP contribution in [0.1, 0.15) is 51.9 Å². The van der Waals surface area contributed by atoms with Crippen molar-refractivity contribution in [3.05, 3.63) is 0 Å². The Bertz CT molecular complexity index is 291. The lowest BCUT2D eigenvalue weighted by atomic mass is 9.75. The Kier molecular flexibility index (Phi) is 5.36. The highest BCUT2D eigenvalue weighted by Crippen LogP contribution is 2.36. The molecular weight excluding hydrogens is 248 g/mol. The number of nitrogens with zero attached hydrogens (tertiary/aromatic N) is 1. The number of hydrogen-bond acceptors (Lipinski definition) is 3. The SMILES string of the molecule is CC(CNCC1CCCO1)N1CCC2CCCCC2C1. The summed E-state index contributed by atoms with van der Waals surface area (Å²) < 4.78 is 5.67. The van der Waals surface area contributed by atoms with Crippen molar-refractivity contribution in [2.24, 2.45) is 11.8 Å². The summed E-state index contributed by atoms with van der Waals surface area (Å²) in [6.07, 6.45) is 10.4. The molecule has 0 amide bonds. The van der Waals surface area contributed by atoms with Crippen LogP contribution in [0.15, 0.2) is 0 Å². The van der Waals surface area contributed by atoms with E-state index in [0.29, 0.717) is 12.1 Å². The second-order valence-corrected chi connectivity index (χ2v) is 7.23. The minimum absolute atomic E-state index is 0.478. The third-order valence-electron chi connectivity index (χ3n) is 5.78. The smallest absolute Gasteiger partial charge is 0.0700 e. The maximum atomic E-state index is 5.67. The van der Waals surface area contributed by atoms with Gasteiger partial charge in [-0.3, -0.25) is 4.90 Å². The van der Waals surface area contributed by atoms with E-state index >= 15 is 0 Å². The minimum atomic E-state index is 0.478. The van der Waals surface area contributed by atoms with Crippen molar-refractivity contribution in [2.45, 2.75) is 64.0 Å². The van der Waals surface area contributed by atoms with Crippen molar-refractivity contribution >= 4 is 0 Å². The van der Waals surface area contributed by atoms with Crippen LogP contribution in [0.5, 0.6) is 0 Å². The normalized spacial score (nSPS) is 36.8. The predicted molar refractivity (Wildman–Crippen MR) is 82.9 cm³/mol. The van der Waals surface area contributed by atoms with Crippen LogP contribution in [0.4, 0.5) is 0 Å². The summed E-state index contributed by atoms with van der Waals surface area (Å²) in [5.41, 5.74) is 0. The van der Waals surface area contributed by atoms with Gasteiger partial charge in [0.25, 0.3) is 0 Å². The maximum absolute atomic E-state index is 5.67. The van der Waals surface area contributed by atoms with E-state index in [1.165, 1.54) is 58.0 Å². The predicted octanol–water partition coefficient (Wildman–Crippen LogP) is 2.66. The van der Waals surface area contributed by atoms with Crippen LogP contribution in [0, 0.1) is 11.8 Å². The molecule has 116 valence electrons. The van der Waals surface area contributed by atoms with Crippen molar-refractivity contribution in [2.75, 3.05) is 32.8 Å². The van der Waals surface area contributed by atoms with E-state index in [1.54, 1.807) is 0 Å². The molecule has 3 aliphatic rings. The van der Waals surface area contributed by atoms with E-state index in [2.05, 4.69) is 17.1 Å². The molecule has 0 bridgehead atoms. The highest BCUT2D eigenvalue weighted by Gasteiger charge is 2.32. The van der Waals surface area contributed by atoms with Gasteiger partial charge in [0.15, 0.2) is 0 Å². The quantitative estimate of drug-likeness (QED) is 0.838. The Morgan fingerprint density at radius 3 is 2.75 bits per heavy atom. The van der Waals surface area contributed by atoms with Gasteiger partial charge in [-0.15, -0.1) is 0 Å². The number of hydrogen-bond donors (Lipinski definition) is 1. The van der Waals surface area contributed by atoms with Gasteiger partial charge in [-0.1, -0.05) is 19.3 Å². The largest absolute Gasteiger partial charge is 0.377 e. The Morgan fingerprint density at radius 2 is 1.95 bits per heavy atom. The number of piperidine rings is 1. The monoisotopic (exact) mass is 280 g/mol. The number of rotatable bonds is 5. The van der Waals surface area contributed by atoms with Crippen LogP contribution in [0.3, 0.4) is 0 Å². The molecule has 2 aliphatic heterocycles.